The summed E-state index contributed by atoms with van der Waals surface area (Å²) in [4.78, 5) is 10.9. The molecule has 1 aromatic rings. The van der Waals surface area contributed by atoms with E-state index in [4.69, 9.17) is 5.11 Å². The fraction of sp³-hybridized carbons (Fsp3) is 0.222. The SMILES string of the molecule is CNS(=O)(=O)N[C@H](C(=O)O)c1ccccc1. The zero-order valence-corrected chi connectivity index (χ0v) is 9.36. The molecule has 0 aliphatic heterocycles. The molecule has 0 bridgehead atoms. The van der Waals surface area contributed by atoms with Crippen LogP contribution in [0.1, 0.15) is 11.6 Å². The molecule has 0 aliphatic carbocycles. The quantitative estimate of drug-likeness (QED) is 0.672. The van der Waals surface area contributed by atoms with Crippen LogP contribution < -0.4 is 9.44 Å². The van der Waals surface area contributed by atoms with Gasteiger partial charge in [0.15, 0.2) is 0 Å². The van der Waals surface area contributed by atoms with Gasteiger partial charge in [0.2, 0.25) is 0 Å². The van der Waals surface area contributed by atoms with Gasteiger partial charge in [-0.15, -0.1) is 0 Å². The molecule has 3 N–H and O–H groups in total. The van der Waals surface area contributed by atoms with Crippen LogP contribution in [0.2, 0.25) is 0 Å². The summed E-state index contributed by atoms with van der Waals surface area (Å²) in [6.45, 7) is 0. The average molecular weight is 244 g/mol. The standard InChI is InChI=1S/C9H12N2O4S/c1-10-16(14,15)11-8(9(12)13)7-5-3-2-4-6-7/h2-6,8,10-11H,1H3,(H,12,13)/t8-/m0/s1. The second kappa shape index (κ2) is 5.06. The first-order valence-corrected chi connectivity index (χ1v) is 5.93. The van der Waals surface area contributed by atoms with E-state index in [-0.39, 0.29) is 0 Å². The predicted molar refractivity (Wildman–Crippen MR) is 57.9 cm³/mol. The zero-order chi connectivity index (χ0) is 12.2. The van der Waals surface area contributed by atoms with E-state index in [0.29, 0.717) is 5.56 Å². The molecule has 0 amide bonds. The molecule has 0 unspecified atom stereocenters. The maximum absolute atomic E-state index is 11.2. The van der Waals surface area contributed by atoms with Gasteiger partial charge in [0, 0.05) is 7.05 Å². The number of carboxylic acid groups (broad SMARTS) is 1. The van der Waals surface area contributed by atoms with Gasteiger partial charge in [0.25, 0.3) is 10.2 Å². The first-order chi connectivity index (χ1) is 7.46. The van der Waals surface area contributed by atoms with Gasteiger partial charge >= 0.3 is 5.97 Å². The lowest BCUT2D eigenvalue weighted by Crippen LogP contribution is -2.39. The summed E-state index contributed by atoms with van der Waals surface area (Å²) >= 11 is 0. The van der Waals surface area contributed by atoms with Crippen LogP contribution in [0.4, 0.5) is 0 Å². The topological polar surface area (TPSA) is 95.5 Å². The van der Waals surface area contributed by atoms with E-state index in [2.05, 4.69) is 0 Å². The van der Waals surface area contributed by atoms with Crippen molar-refractivity contribution in [2.75, 3.05) is 7.05 Å². The van der Waals surface area contributed by atoms with E-state index < -0.39 is 22.2 Å². The Morgan fingerprint density at radius 1 is 1.31 bits per heavy atom. The number of hydrogen-bond donors (Lipinski definition) is 3. The van der Waals surface area contributed by atoms with Gasteiger partial charge in [-0.1, -0.05) is 30.3 Å². The minimum Gasteiger partial charge on any atom is -0.480 e. The molecule has 1 atom stereocenters. The third-order valence-electron chi connectivity index (χ3n) is 1.92. The van der Waals surface area contributed by atoms with Crippen molar-refractivity contribution < 1.29 is 18.3 Å². The minimum atomic E-state index is -3.79. The summed E-state index contributed by atoms with van der Waals surface area (Å²) in [5, 5.41) is 8.93. The molecule has 16 heavy (non-hydrogen) atoms. The van der Waals surface area contributed by atoms with Crippen molar-refractivity contribution in [2.45, 2.75) is 6.04 Å². The third kappa shape index (κ3) is 3.30. The second-order valence-electron chi connectivity index (χ2n) is 3.01. The molecule has 1 rings (SSSR count). The molecule has 0 aromatic heterocycles. The van der Waals surface area contributed by atoms with Gasteiger partial charge in [-0.2, -0.15) is 13.1 Å². The van der Waals surface area contributed by atoms with Crippen molar-refractivity contribution in [3.8, 4) is 0 Å². The number of benzene rings is 1. The highest BCUT2D eigenvalue weighted by molar-refractivity contribution is 7.87. The number of rotatable bonds is 5. The lowest BCUT2D eigenvalue weighted by Gasteiger charge is -2.14. The third-order valence-corrected chi connectivity index (χ3v) is 3.01. The van der Waals surface area contributed by atoms with Crippen molar-refractivity contribution in [2.24, 2.45) is 0 Å². The van der Waals surface area contributed by atoms with E-state index in [9.17, 15) is 13.2 Å². The Hall–Kier alpha value is -1.44. The molecule has 0 saturated carbocycles. The molecule has 0 spiro atoms. The Balaban J connectivity index is 2.99. The second-order valence-corrected chi connectivity index (χ2v) is 4.66. The molecule has 0 heterocycles. The Labute approximate surface area is 93.5 Å². The first kappa shape index (κ1) is 12.6. The molecule has 6 nitrogen and oxygen atoms in total. The highest BCUT2D eigenvalue weighted by Crippen LogP contribution is 2.13. The Bertz CT molecular complexity index is 458. The largest absolute Gasteiger partial charge is 0.480 e. The van der Waals surface area contributed by atoms with E-state index in [0.717, 1.165) is 0 Å². The highest BCUT2D eigenvalue weighted by atomic mass is 32.2. The van der Waals surface area contributed by atoms with Crippen LogP contribution in [0.25, 0.3) is 0 Å². The number of nitrogens with one attached hydrogen (secondary N) is 2. The van der Waals surface area contributed by atoms with Crippen molar-refractivity contribution in [1.29, 1.82) is 0 Å². The van der Waals surface area contributed by atoms with Crippen LogP contribution in [0.3, 0.4) is 0 Å². The normalized spacial score (nSPS) is 13.3. The summed E-state index contributed by atoms with van der Waals surface area (Å²) in [5.41, 5.74) is 0.369. The molecule has 88 valence electrons. The van der Waals surface area contributed by atoms with Gasteiger partial charge in [-0.25, -0.2) is 4.72 Å². The molecule has 0 saturated heterocycles. The van der Waals surface area contributed by atoms with Crippen LogP contribution in [0.5, 0.6) is 0 Å². The molecule has 0 radical (unpaired) electrons. The maximum atomic E-state index is 11.2. The fourth-order valence-corrected chi connectivity index (χ4v) is 1.79. The summed E-state index contributed by atoms with van der Waals surface area (Å²) in [5.74, 6) is -1.26. The Morgan fingerprint density at radius 3 is 2.31 bits per heavy atom. The smallest absolute Gasteiger partial charge is 0.326 e. The van der Waals surface area contributed by atoms with Gasteiger partial charge in [-0.05, 0) is 5.56 Å². The Morgan fingerprint density at radius 2 is 1.88 bits per heavy atom. The van der Waals surface area contributed by atoms with Crippen LogP contribution in [-0.2, 0) is 15.0 Å². The maximum Gasteiger partial charge on any atom is 0.326 e. The van der Waals surface area contributed by atoms with Crippen molar-refractivity contribution >= 4 is 16.2 Å². The van der Waals surface area contributed by atoms with Crippen LogP contribution in [0.15, 0.2) is 30.3 Å². The zero-order valence-electron chi connectivity index (χ0n) is 8.54. The highest BCUT2D eigenvalue weighted by Gasteiger charge is 2.24. The van der Waals surface area contributed by atoms with Gasteiger partial charge in [0.1, 0.15) is 6.04 Å². The van der Waals surface area contributed by atoms with E-state index in [1.165, 1.54) is 19.2 Å². The summed E-state index contributed by atoms with van der Waals surface area (Å²) < 4.78 is 26.4. The predicted octanol–water partition coefficient (Wildman–Crippen LogP) is -0.134. The molecule has 0 fully saturated rings. The molecule has 0 aliphatic rings. The Kier molecular flexibility index (Phi) is 3.99. The number of hydrogen-bond acceptors (Lipinski definition) is 3. The molecule has 7 heteroatoms. The lowest BCUT2D eigenvalue weighted by atomic mass is 10.1. The van der Waals surface area contributed by atoms with E-state index in [1.807, 2.05) is 9.44 Å². The average Bonchev–Trinajstić information content (AvgIpc) is 2.27. The summed E-state index contributed by atoms with van der Waals surface area (Å²) in [6, 6.07) is 6.78. The number of carbonyl (C=O) groups is 1. The molecular formula is C9H12N2O4S. The minimum absolute atomic E-state index is 0.369. The number of carboxylic acids is 1. The monoisotopic (exact) mass is 244 g/mol. The summed E-state index contributed by atoms with van der Waals surface area (Å²) in [6.07, 6.45) is 0. The van der Waals surface area contributed by atoms with Crippen molar-refractivity contribution in [1.82, 2.24) is 9.44 Å². The first-order valence-electron chi connectivity index (χ1n) is 4.45. The fourth-order valence-electron chi connectivity index (χ4n) is 1.12. The van der Waals surface area contributed by atoms with E-state index in [1.54, 1.807) is 18.2 Å². The van der Waals surface area contributed by atoms with Crippen LogP contribution in [0, 0.1) is 0 Å². The number of aliphatic carboxylic acids is 1. The van der Waals surface area contributed by atoms with Crippen LogP contribution >= 0.6 is 0 Å². The molecule has 1 aromatic carbocycles. The molecular weight excluding hydrogens is 232 g/mol. The lowest BCUT2D eigenvalue weighted by molar-refractivity contribution is -0.139. The van der Waals surface area contributed by atoms with Crippen LogP contribution in [-0.4, -0.2) is 26.5 Å². The van der Waals surface area contributed by atoms with Crippen molar-refractivity contribution in [3.63, 3.8) is 0 Å². The van der Waals surface area contributed by atoms with Crippen molar-refractivity contribution in [3.05, 3.63) is 35.9 Å². The van der Waals surface area contributed by atoms with E-state index >= 15 is 0 Å². The van der Waals surface area contributed by atoms with Gasteiger partial charge in [0.05, 0.1) is 0 Å². The van der Waals surface area contributed by atoms with Gasteiger partial charge in [-0.3, -0.25) is 4.79 Å². The summed E-state index contributed by atoms with van der Waals surface area (Å²) in [7, 11) is -2.59. The van der Waals surface area contributed by atoms with Gasteiger partial charge < -0.3 is 5.11 Å².